The van der Waals surface area contributed by atoms with Crippen molar-refractivity contribution in [2.75, 3.05) is 18.0 Å². The van der Waals surface area contributed by atoms with Crippen LogP contribution in [0.4, 0.5) is 5.82 Å². The average Bonchev–Trinajstić information content (AvgIpc) is 3.28. The van der Waals surface area contributed by atoms with Crippen molar-refractivity contribution in [3.8, 4) is 0 Å². The molecule has 7 heteroatoms. The van der Waals surface area contributed by atoms with Gasteiger partial charge in [0.25, 0.3) is 5.91 Å². The minimum atomic E-state index is 0.0426. The van der Waals surface area contributed by atoms with Crippen LogP contribution in [0.5, 0.6) is 0 Å². The van der Waals surface area contributed by atoms with Gasteiger partial charge < -0.3 is 9.80 Å². The Morgan fingerprint density at radius 1 is 1.13 bits per heavy atom. The van der Waals surface area contributed by atoms with Crippen LogP contribution >= 0.6 is 0 Å². The molecule has 23 heavy (non-hydrogen) atoms. The van der Waals surface area contributed by atoms with Crippen molar-refractivity contribution >= 4 is 11.7 Å². The highest BCUT2D eigenvalue weighted by Crippen LogP contribution is 2.35. The van der Waals surface area contributed by atoms with Gasteiger partial charge in [-0.25, -0.2) is 9.97 Å². The van der Waals surface area contributed by atoms with E-state index in [1.54, 1.807) is 24.8 Å². The van der Waals surface area contributed by atoms with E-state index in [-0.39, 0.29) is 5.91 Å². The SMILES string of the molecule is O=C(c1ccn[nH]1)N1CCC(N(c2ccncn2)C2CC2)CC1. The molecule has 0 unspecified atom stereocenters. The van der Waals surface area contributed by atoms with Gasteiger partial charge in [0, 0.05) is 37.6 Å². The van der Waals surface area contributed by atoms with Crippen LogP contribution in [-0.4, -0.2) is 56.1 Å². The van der Waals surface area contributed by atoms with Gasteiger partial charge in [-0.15, -0.1) is 0 Å². The Labute approximate surface area is 134 Å². The fraction of sp³-hybridized carbons (Fsp3) is 0.500. The number of likely N-dealkylation sites (tertiary alicyclic amines) is 1. The molecule has 2 aliphatic rings. The molecule has 0 aromatic carbocycles. The van der Waals surface area contributed by atoms with Crippen LogP contribution in [0.15, 0.2) is 30.9 Å². The summed E-state index contributed by atoms with van der Waals surface area (Å²) in [6, 6.07) is 4.76. The van der Waals surface area contributed by atoms with Crippen molar-refractivity contribution in [3.05, 3.63) is 36.5 Å². The molecule has 2 aromatic rings. The second-order valence-corrected chi connectivity index (χ2v) is 6.20. The highest BCUT2D eigenvalue weighted by molar-refractivity contribution is 5.92. The molecule has 1 saturated carbocycles. The van der Waals surface area contributed by atoms with E-state index in [0.717, 1.165) is 31.7 Å². The van der Waals surface area contributed by atoms with Crippen LogP contribution in [0.2, 0.25) is 0 Å². The van der Waals surface area contributed by atoms with E-state index in [2.05, 4.69) is 25.1 Å². The Balaban J connectivity index is 1.43. The lowest BCUT2D eigenvalue weighted by atomic mass is 10.0. The van der Waals surface area contributed by atoms with Gasteiger partial charge in [-0.05, 0) is 37.8 Å². The molecule has 3 heterocycles. The molecule has 7 nitrogen and oxygen atoms in total. The molecule has 2 aromatic heterocycles. The third kappa shape index (κ3) is 2.91. The summed E-state index contributed by atoms with van der Waals surface area (Å²) in [6.07, 6.45) is 9.44. The van der Waals surface area contributed by atoms with Gasteiger partial charge in [-0.1, -0.05) is 0 Å². The van der Waals surface area contributed by atoms with Crippen LogP contribution in [0, 0.1) is 0 Å². The number of hydrogen-bond acceptors (Lipinski definition) is 5. The summed E-state index contributed by atoms with van der Waals surface area (Å²) in [5.74, 6) is 1.06. The van der Waals surface area contributed by atoms with E-state index in [9.17, 15) is 4.79 Å². The highest BCUT2D eigenvalue weighted by Gasteiger charge is 2.37. The molecule has 1 aliphatic heterocycles. The first-order chi connectivity index (χ1) is 11.3. The predicted molar refractivity (Wildman–Crippen MR) is 85.0 cm³/mol. The summed E-state index contributed by atoms with van der Waals surface area (Å²) in [5, 5.41) is 6.61. The molecule has 0 bridgehead atoms. The number of hydrogen-bond donors (Lipinski definition) is 1. The van der Waals surface area contributed by atoms with Gasteiger partial charge in [0.15, 0.2) is 0 Å². The topological polar surface area (TPSA) is 78.0 Å². The zero-order chi connectivity index (χ0) is 15.6. The summed E-state index contributed by atoms with van der Waals surface area (Å²) >= 11 is 0. The summed E-state index contributed by atoms with van der Waals surface area (Å²) in [7, 11) is 0. The minimum Gasteiger partial charge on any atom is -0.350 e. The monoisotopic (exact) mass is 312 g/mol. The zero-order valence-corrected chi connectivity index (χ0v) is 12.9. The lowest BCUT2D eigenvalue weighted by Crippen LogP contribution is -2.48. The molecule has 0 spiro atoms. The van der Waals surface area contributed by atoms with E-state index in [4.69, 9.17) is 0 Å². The second kappa shape index (κ2) is 5.98. The third-order valence-electron chi connectivity index (χ3n) is 4.65. The van der Waals surface area contributed by atoms with Gasteiger partial charge in [-0.2, -0.15) is 5.10 Å². The number of nitrogens with one attached hydrogen (secondary N) is 1. The van der Waals surface area contributed by atoms with E-state index in [0.29, 0.717) is 17.8 Å². The molecule has 4 rings (SSSR count). The maximum atomic E-state index is 12.4. The predicted octanol–water partition coefficient (Wildman–Crippen LogP) is 1.47. The average molecular weight is 312 g/mol. The molecule has 2 fully saturated rings. The number of aromatic nitrogens is 4. The van der Waals surface area contributed by atoms with Crippen molar-refractivity contribution in [2.45, 2.75) is 37.8 Å². The van der Waals surface area contributed by atoms with Crippen molar-refractivity contribution in [2.24, 2.45) is 0 Å². The number of aromatic amines is 1. The number of nitrogens with zero attached hydrogens (tertiary/aromatic N) is 5. The van der Waals surface area contributed by atoms with Gasteiger partial charge >= 0.3 is 0 Å². The quantitative estimate of drug-likeness (QED) is 0.925. The van der Waals surface area contributed by atoms with Crippen LogP contribution < -0.4 is 4.90 Å². The molecule has 1 saturated heterocycles. The van der Waals surface area contributed by atoms with Crippen molar-refractivity contribution in [1.82, 2.24) is 25.1 Å². The second-order valence-electron chi connectivity index (χ2n) is 6.20. The molecular formula is C16H20N6O. The van der Waals surface area contributed by atoms with E-state index in [1.807, 2.05) is 11.0 Å². The Bertz CT molecular complexity index is 646. The minimum absolute atomic E-state index is 0.0426. The largest absolute Gasteiger partial charge is 0.350 e. The Hall–Kier alpha value is -2.44. The Morgan fingerprint density at radius 2 is 1.91 bits per heavy atom. The van der Waals surface area contributed by atoms with E-state index >= 15 is 0 Å². The number of carbonyl (C=O) groups excluding carboxylic acids is 1. The van der Waals surface area contributed by atoms with Gasteiger partial charge in [0.1, 0.15) is 17.8 Å². The van der Waals surface area contributed by atoms with E-state index < -0.39 is 0 Å². The van der Waals surface area contributed by atoms with Gasteiger partial charge in [-0.3, -0.25) is 9.89 Å². The summed E-state index contributed by atoms with van der Waals surface area (Å²) in [4.78, 5) is 25.2. The lowest BCUT2D eigenvalue weighted by molar-refractivity contribution is 0.0706. The first-order valence-corrected chi connectivity index (χ1v) is 8.16. The first kappa shape index (κ1) is 14.2. The maximum Gasteiger partial charge on any atom is 0.271 e. The van der Waals surface area contributed by atoms with Crippen molar-refractivity contribution in [3.63, 3.8) is 0 Å². The first-order valence-electron chi connectivity index (χ1n) is 8.16. The fourth-order valence-electron chi connectivity index (χ4n) is 3.35. The molecule has 1 amide bonds. The number of piperidine rings is 1. The smallest absolute Gasteiger partial charge is 0.271 e. The Kier molecular flexibility index (Phi) is 3.69. The maximum absolute atomic E-state index is 12.4. The fourth-order valence-corrected chi connectivity index (χ4v) is 3.35. The number of amides is 1. The summed E-state index contributed by atoms with van der Waals surface area (Å²) in [6.45, 7) is 1.55. The zero-order valence-electron chi connectivity index (χ0n) is 12.9. The van der Waals surface area contributed by atoms with Crippen molar-refractivity contribution in [1.29, 1.82) is 0 Å². The molecular weight excluding hydrogens is 292 g/mol. The van der Waals surface area contributed by atoms with E-state index in [1.165, 1.54) is 12.8 Å². The molecule has 0 radical (unpaired) electrons. The highest BCUT2D eigenvalue weighted by atomic mass is 16.2. The van der Waals surface area contributed by atoms with Crippen LogP contribution in [0.1, 0.15) is 36.2 Å². The standard InChI is InChI=1S/C16H20N6O/c23-16(14-3-8-19-20-14)21-9-5-13(6-10-21)22(12-1-2-12)15-4-7-17-11-18-15/h3-4,7-8,11-13H,1-2,5-6,9-10H2,(H,19,20). The summed E-state index contributed by atoms with van der Waals surface area (Å²) in [5.41, 5.74) is 0.568. The number of rotatable bonds is 4. The van der Waals surface area contributed by atoms with Crippen LogP contribution in [0.25, 0.3) is 0 Å². The van der Waals surface area contributed by atoms with Gasteiger partial charge in [0.2, 0.25) is 0 Å². The Morgan fingerprint density at radius 3 is 2.52 bits per heavy atom. The number of carbonyl (C=O) groups is 1. The molecule has 120 valence electrons. The molecule has 1 N–H and O–H groups in total. The van der Waals surface area contributed by atoms with Gasteiger partial charge in [0.05, 0.1) is 0 Å². The lowest BCUT2D eigenvalue weighted by Gasteiger charge is -2.39. The van der Waals surface area contributed by atoms with Crippen LogP contribution in [0.3, 0.4) is 0 Å². The third-order valence-corrected chi connectivity index (χ3v) is 4.65. The summed E-state index contributed by atoms with van der Waals surface area (Å²) < 4.78 is 0. The molecule has 0 atom stereocenters. The van der Waals surface area contributed by atoms with Crippen molar-refractivity contribution < 1.29 is 4.79 Å². The number of anilines is 1. The normalized spacial score (nSPS) is 18.9. The molecule has 1 aliphatic carbocycles. The van der Waals surface area contributed by atoms with Crippen LogP contribution in [-0.2, 0) is 0 Å². The number of H-pyrrole nitrogens is 1.